The van der Waals surface area contributed by atoms with E-state index in [0.717, 1.165) is 5.69 Å². The third-order valence-corrected chi connectivity index (χ3v) is 5.38. The number of anilines is 2. The fourth-order valence-electron chi connectivity index (χ4n) is 2.93. The quantitative estimate of drug-likeness (QED) is 0.644. The van der Waals surface area contributed by atoms with Gasteiger partial charge < -0.3 is 19.9 Å². The van der Waals surface area contributed by atoms with E-state index in [1.54, 1.807) is 23.3 Å². The number of urea groups is 1. The number of rotatable bonds is 4. The molecule has 1 saturated heterocycles. The second-order valence-corrected chi connectivity index (χ2v) is 7.08. The average molecular weight is 387 g/mol. The van der Waals surface area contributed by atoms with Crippen molar-refractivity contribution in [3.8, 4) is 0 Å². The molecule has 1 aliphatic rings. The van der Waals surface area contributed by atoms with Crippen molar-refractivity contribution in [1.29, 1.82) is 0 Å². The van der Waals surface area contributed by atoms with Gasteiger partial charge in [0, 0.05) is 37.4 Å². The number of carbonyl (C=O) groups is 3. The highest BCUT2D eigenvalue weighted by Gasteiger charge is 2.23. The fourth-order valence-corrected chi connectivity index (χ4v) is 3.69. The van der Waals surface area contributed by atoms with E-state index in [9.17, 15) is 14.4 Å². The van der Waals surface area contributed by atoms with E-state index < -0.39 is 5.97 Å². The van der Waals surface area contributed by atoms with Crippen molar-refractivity contribution in [2.24, 2.45) is 0 Å². The van der Waals surface area contributed by atoms with Crippen molar-refractivity contribution >= 4 is 40.5 Å². The molecule has 7 nitrogen and oxygen atoms in total. The molecule has 2 heterocycles. The Bertz CT molecular complexity index is 839. The zero-order valence-electron chi connectivity index (χ0n) is 15.2. The molecule has 1 aromatic heterocycles. The number of ketones is 1. The predicted octanol–water partition coefficient (Wildman–Crippen LogP) is 3.09. The van der Waals surface area contributed by atoms with E-state index in [4.69, 9.17) is 4.74 Å². The Hall–Kier alpha value is -2.87. The highest BCUT2D eigenvalue weighted by Crippen LogP contribution is 2.24. The van der Waals surface area contributed by atoms with Crippen LogP contribution < -0.4 is 10.2 Å². The van der Waals surface area contributed by atoms with Crippen molar-refractivity contribution in [1.82, 2.24) is 4.90 Å². The van der Waals surface area contributed by atoms with E-state index in [1.807, 2.05) is 24.3 Å². The summed E-state index contributed by atoms with van der Waals surface area (Å²) in [5.41, 5.74) is 2.19. The number of nitrogens with one attached hydrogen (secondary N) is 1. The first kappa shape index (κ1) is 18.9. The molecule has 1 fully saturated rings. The first-order valence-electron chi connectivity index (χ1n) is 8.57. The minimum absolute atomic E-state index is 0.0443. The molecule has 27 heavy (non-hydrogen) atoms. The summed E-state index contributed by atoms with van der Waals surface area (Å²) in [5.74, 6) is -0.415. The second kappa shape index (κ2) is 8.22. The van der Waals surface area contributed by atoms with E-state index in [1.165, 1.54) is 18.4 Å². The number of methoxy groups -OCH3 is 1. The van der Waals surface area contributed by atoms with E-state index in [0.29, 0.717) is 42.3 Å². The van der Waals surface area contributed by atoms with Crippen molar-refractivity contribution < 1.29 is 19.1 Å². The Morgan fingerprint density at radius 3 is 2.30 bits per heavy atom. The largest absolute Gasteiger partial charge is 0.465 e. The van der Waals surface area contributed by atoms with E-state index in [2.05, 4.69) is 10.2 Å². The maximum Gasteiger partial charge on any atom is 0.350 e. The van der Waals surface area contributed by atoms with Crippen LogP contribution in [0.3, 0.4) is 0 Å². The van der Waals surface area contributed by atoms with Crippen molar-refractivity contribution in [3.63, 3.8) is 0 Å². The molecular formula is C19H21N3O4S. The van der Waals surface area contributed by atoms with Gasteiger partial charge in [-0.3, -0.25) is 4.79 Å². The van der Waals surface area contributed by atoms with Crippen LogP contribution in [0.25, 0.3) is 0 Å². The lowest BCUT2D eigenvalue weighted by Crippen LogP contribution is -2.50. The highest BCUT2D eigenvalue weighted by atomic mass is 32.1. The molecule has 2 aromatic rings. The summed E-state index contributed by atoms with van der Waals surface area (Å²) in [6.45, 7) is 4.07. The van der Waals surface area contributed by atoms with Gasteiger partial charge in [-0.1, -0.05) is 0 Å². The van der Waals surface area contributed by atoms with Crippen LogP contribution in [-0.2, 0) is 4.74 Å². The van der Waals surface area contributed by atoms with Gasteiger partial charge in [-0.05, 0) is 42.6 Å². The molecule has 0 bridgehead atoms. The SMILES string of the molecule is COC(=O)c1sccc1NC(=O)N1CCN(c2ccc(C(C)=O)cc2)CC1. The lowest BCUT2D eigenvalue weighted by atomic mass is 10.1. The minimum atomic E-state index is -0.459. The van der Waals surface area contributed by atoms with Crippen molar-refractivity contribution in [3.05, 3.63) is 46.2 Å². The summed E-state index contributed by atoms with van der Waals surface area (Å²) < 4.78 is 4.73. The van der Waals surface area contributed by atoms with Gasteiger partial charge in [0.2, 0.25) is 0 Å². The molecule has 0 atom stereocenters. The topological polar surface area (TPSA) is 79.0 Å². The molecule has 0 saturated carbocycles. The van der Waals surface area contributed by atoms with Crippen LogP contribution in [0.1, 0.15) is 27.0 Å². The molecule has 8 heteroatoms. The fraction of sp³-hybridized carbons (Fsp3) is 0.316. The summed E-state index contributed by atoms with van der Waals surface area (Å²) in [6, 6.07) is 8.97. The molecule has 142 valence electrons. The molecule has 0 unspecified atom stereocenters. The summed E-state index contributed by atoms with van der Waals surface area (Å²) in [5, 5.41) is 4.53. The van der Waals surface area contributed by atoms with Crippen molar-refractivity contribution in [2.75, 3.05) is 43.5 Å². The number of benzene rings is 1. The number of hydrogen-bond acceptors (Lipinski definition) is 6. The van der Waals surface area contributed by atoms with Gasteiger partial charge in [-0.25, -0.2) is 9.59 Å². The Labute approximate surface area is 161 Å². The number of thiophene rings is 1. The Morgan fingerprint density at radius 2 is 1.70 bits per heavy atom. The first-order valence-corrected chi connectivity index (χ1v) is 9.45. The van der Waals surface area contributed by atoms with E-state index in [-0.39, 0.29) is 11.8 Å². The zero-order valence-corrected chi connectivity index (χ0v) is 16.0. The van der Waals surface area contributed by atoms with Crippen LogP contribution in [0.5, 0.6) is 0 Å². The maximum atomic E-state index is 12.5. The predicted molar refractivity (Wildman–Crippen MR) is 105 cm³/mol. The maximum absolute atomic E-state index is 12.5. The third kappa shape index (κ3) is 4.28. The molecule has 0 aliphatic carbocycles. The summed E-state index contributed by atoms with van der Waals surface area (Å²) in [7, 11) is 1.32. The van der Waals surface area contributed by atoms with Crippen LogP contribution in [0.4, 0.5) is 16.2 Å². The number of amides is 2. The van der Waals surface area contributed by atoms with Gasteiger partial charge >= 0.3 is 12.0 Å². The Kier molecular flexibility index (Phi) is 5.75. The Morgan fingerprint density at radius 1 is 1.04 bits per heavy atom. The smallest absolute Gasteiger partial charge is 0.350 e. The number of carbonyl (C=O) groups excluding carboxylic acids is 3. The highest BCUT2D eigenvalue weighted by molar-refractivity contribution is 7.12. The standard InChI is InChI=1S/C19H21N3O4S/c1-13(23)14-3-5-15(6-4-14)21-8-10-22(11-9-21)19(25)20-16-7-12-27-17(16)18(24)26-2/h3-7,12H,8-11H2,1-2H3,(H,20,25). The molecule has 1 N–H and O–H groups in total. The van der Waals surface area contributed by atoms with Gasteiger partial charge in [0.25, 0.3) is 0 Å². The van der Waals surface area contributed by atoms with Crippen LogP contribution in [-0.4, -0.2) is 56.0 Å². The molecule has 1 aromatic carbocycles. The first-order chi connectivity index (χ1) is 13.0. The minimum Gasteiger partial charge on any atom is -0.465 e. The van der Waals surface area contributed by atoms with Crippen LogP contribution >= 0.6 is 11.3 Å². The molecule has 0 radical (unpaired) electrons. The number of ether oxygens (including phenoxy) is 1. The molecule has 1 aliphatic heterocycles. The molecule has 0 spiro atoms. The number of esters is 1. The second-order valence-electron chi connectivity index (χ2n) is 6.16. The van der Waals surface area contributed by atoms with Gasteiger partial charge in [-0.15, -0.1) is 11.3 Å². The lowest BCUT2D eigenvalue weighted by molar-refractivity contribution is 0.0607. The van der Waals surface area contributed by atoms with Crippen LogP contribution in [0, 0.1) is 0 Å². The van der Waals surface area contributed by atoms with Gasteiger partial charge in [-0.2, -0.15) is 0 Å². The molecule has 2 amide bonds. The van der Waals surface area contributed by atoms with Gasteiger partial charge in [0.1, 0.15) is 4.88 Å². The van der Waals surface area contributed by atoms with Gasteiger partial charge in [0.05, 0.1) is 12.8 Å². The number of hydrogen-bond donors (Lipinski definition) is 1. The Balaban J connectivity index is 1.57. The summed E-state index contributed by atoms with van der Waals surface area (Å²) in [4.78, 5) is 39.9. The summed E-state index contributed by atoms with van der Waals surface area (Å²) in [6.07, 6.45) is 0. The lowest BCUT2D eigenvalue weighted by Gasteiger charge is -2.36. The summed E-state index contributed by atoms with van der Waals surface area (Å²) >= 11 is 1.23. The zero-order chi connectivity index (χ0) is 19.4. The third-order valence-electron chi connectivity index (χ3n) is 4.48. The van der Waals surface area contributed by atoms with E-state index >= 15 is 0 Å². The number of piperazine rings is 1. The number of nitrogens with zero attached hydrogens (tertiary/aromatic N) is 2. The molecule has 3 rings (SSSR count). The van der Waals surface area contributed by atoms with Crippen LogP contribution in [0.2, 0.25) is 0 Å². The van der Waals surface area contributed by atoms with Crippen LogP contribution in [0.15, 0.2) is 35.7 Å². The monoisotopic (exact) mass is 387 g/mol. The normalized spacial score (nSPS) is 14.0. The van der Waals surface area contributed by atoms with Crippen molar-refractivity contribution in [2.45, 2.75) is 6.92 Å². The number of Topliss-reactive ketones (excluding diaryl/α,β-unsaturated/α-hetero) is 1. The molecular weight excluding hydrogens is 366 g/mol. The van der Waals surface area contributed by atoms with Gasteiger partial charge in [0.15, 0.2) is 5.78 Å². The average Bonchev–Trinajstić information content (AvgIpc) is 3.15.